The second-order valence-electron chi connectivity index (χ2n) is 4.89. The second-order valence-corrected chi connectivity index (χ2v) is 5.91. The fourth-order valence-electron chi connectivity index (χ4n) is 2.40. The first-order valence-corrected chi connectivity index (χ1v) is 7.28. The van der Waals surface area contributed by atoms with E-state index in [0.29, 0.717) is 10.6 Å². The van der Waals surface area contributed by atoms with Crippen molar-refractivity contribution in [1.29, 1.82) is 5.26 Å². The van der Waals surface area contributed by atoms with E-state index in [1.165, 1.54) is 28.0 Å². The zero-order valence-electron chi connectivity index (χ0n) is 11.6. The van der Waals surface area contributed by atoms with Crippen LogP contribution in [0.25, 0.3) is 10.4 Å². The van der Waals surface area contributed by atoms with Crippen molar-refractivity contribution >= 4 is 17.0 Å². The summed E-state index contributed by atoms with van der Waals surface area (Å²) in [5.41, 5.74) is 11.6. The van der Waals surface area contributed by atoms with Crippen LogP contribution in [0.4, 0.5) is 5.69 Å². The molecule has 2 nitrogen and oxygen atoms in total. The van der Waals surface area contributed by atoms with E-state index < -0.39 is 0 Å². The standard InChI is InChI=1S/C16H18N2S/c1-4-5-13-15(18)14(9-17)19-16(13)12-7-10(2)6-11(3)8-12/h6-8H,4-5,18H2,1-3H3. The summed E-state index contributed by atoms with van der Waals surface area (Å²) in [5, 5.41) is 9.16. The molecular formula is C16H18N2S. The van der Waals surface area contributed by atoms with Gasteiger partial charge in [-0.15, -0.1) is 11.3 Å². The average Bonchev–Trinajstić information content (AvgIpc) is 2.66. The molecule has 0 saturated carbocycles. The Morgan fingerprint density at radius 2 is 1.84 bits per heavy atom. The van der Waals surface area contributed by atoms with Gasteiger partial charge in [0.15, 0.2) is 0 Å². The van der Waals surface area contributed by atoms with Crippen molar-refractivity contribution in [3.63, 3.8) is 0 Å². The van der Waals surface area contributed by atoms with Gasteiger partial charge in [-0.05, 0) is 31.4 Å². The Morgan fingerprint density at radius 1 is 1.21 bits per heavy atom. The third-order valence-electron chi connectivity index (χ3n) is 3.13. The molecule has 3 heteroatoms. The fourth-order valence-corrected chi connectivity index (χ4v) is 3.45. The lowest BCUT2D eigenvalue weighted by atomic mass is 10.0. The van der Waals surface area contributed by atoms with Crippen LogP contribution in [0.2, 0.25) is 0 Å². The van der Waals surface area contributed by atoms with Gasteiger partial charge in [-0.25, -0.2) is 0 Å². The minimum Gasteiger partial charge on any atom is -0.397 e. The molecule has 2 N–H and O–H groups in total. The predicted molar refractivity (Wildman–Crippen MR) is 82.4 cm³/mol. The smallest absolute Gasteiger partial charge is 0.128 e. The molecule has 0 fully saturated rings. The van der Waals surface area contributed by atoms with Gasteiger partial charge in [0.25, 0.3) is 0 Å². The maximum Gasteiger partial charge on any atom is 0.128 e. The summed E-state index contributed by atoms with van der Waals surface area (Å²) >= 11 is 1.51. The van der Waals surface area contributed by atoms with Gasteiger partial charge in [-0.2, -0.15) is 5.26 Å². The summed E-state index contributed by atoms with van der Waals surface area (Å²) in [7, 11) is 0. The van der Waals surface area contributed by atoms with Crippen molar-refractivity contribution in [2.45, 2.75) is 33.6 Å². The molecule has 2 rings (SSSR count). The molecule has 1 heterocycles. The number of hydrogen-bond donors (Lipinski definition) is 1. The van der Waals surface area contributed by atoms with Crippen molar-refractivity contribution in [2.75, 3.05) is 5.73 Å². The number of nitriles is 1. The molecule has 98 valence electrons. The highest BCUT2D eigenvalue weighted by molar-refractivity contribution is 7.16. The average molecular weight is 270 g/mol. The molecule has 1 aromatic heterocycles. The Bertz CT molecular complexity index is 627. The molecule has 0 radical (unpaired) electrons. The van der Waals surface area contributed by atoms with Crippen molar-refractivity contribution in [3.8, 4) is 16.5 Å². The first kappa shape index (κ1) is 13.6. The van der Waals surface area contributed by atoms with E-state index >= 15 is 0 Å². The monoisotopic (exact) mass is 270 g/mol. The SMILES string of the molecule is CCCc1c(-c2cc(C)cc(C)c2)sc(C#N)c1N. The lowest BCUT2D eigenvalue weighted by molar-refractivity contribution is 0.930. The number of thiophene rings is 1. The summed E-state index contributed by atoms with van der Waals surface area (Å²) in [6, 6.07) is 8.70. The third-order valence-corrected chi connectivity index (χ3v) is 4.33. The molecule has 0 amide bonds. The van der Waals surface area contributed by atoms with E-state index in [1.54, 1.807) is 0 Å². The van der Waals surface area contributed by atoms with Crippen LogP contribution in [0, 0.1) is 25.2 Å². The van der Waals surface area contributed by atoms with E-state index in [-0.39, 0.29) is 0 Å². The van der Waals surface area contributed by atoms with Gasteiger partial charge >= 0.3 is 0 Å². The Labute approximate surface area is 118 Å². The molecule has 0 bridgehead atoms. The van der Waals surface area contributed by atoms with E-state index in [9.17, 15) is 0 Å². The minimum atomic E-state index is 0.637. The summed E-state index contributed by atoms with van der Waals surface area (Å²) in [6.07, 6.45) is 1.95. The molecule has 0 aliphatic rings. The number of aryl methyl sites for hydroxylation is 2. The highest BCUT2D eigenvalue weighted by Crippen LogP contribution is 2.39. The second kappa shape index (κ2) is 5.46. The van der Waals surface area contributed by atoms with Crippen molar-refractivity contribution in [3.05, 3.63) is 39.8 Å². The van der Waals surface area contributed by atoms with Crippen LogP contribution in [0.5, 0.6) is 0 Å². The first-order valence-electron chi connectivity index (χ1n) is 6.46. The van der Waals surface area contributed by atoms with Gasteiger partial charge in [0.1, 0.15) is 10.9 Å². The molecule has 0 saturated heterocycles. The number of anilines is 1. The fraction of sp³-hybridized carbons (Fsp3) is 0.312. The third kappa shape index (κ3) is 2.64. The van der Waals surface area contributed by atoms with E-state index in [1.807, 2.05) is 0 Å². The van der Waals surface area contributed by atoms with Gasteiger partial charge in [0.2, 0.25) is 0 Å². The van der Waals surface area contributed by atoms with Crippen LogP contribution >= 0.6 is 11.3 Å². The summed E-state index contributed by atoms with van der Waals surface area (Å²) in [4.78, 5) is 1.79. The minimum absolute atomic E-state index is 0.637. The van der Waals surface area contributed by atoms with Gasteiger partial charge in [0, 0.05) is 4.88 Å². The first-order chi connectivity index (χ1) is 9.06. The lowest BCUT2D eigenvalue weighted by Gasteiger charge is -2.06. The summed E-state index contributed by atoms with van der Waals surface area (Å²) < 4.78 is 0. The van der Waals surface area contributed by atoms with E-state index in [4.69, 9.17) is 11.0 Å². The van der Waals surface area contributed by atoms with Gasteiger partial charge in [-0.1, -0.05) is 42.7 Å². The normalized spacial score (nSPS) is 10.4. The van der Waals surface area contributed by atoms with Crippen LogP contribution < -0.4 is 5.73 Å². The Hall–Kier alpha value is -1.79. The predicted octanol–water partition coefficient (Wildman–Crippen LogP) is 4.44. The van der Waals surface area contributed by atoms with Crippen LogP contribution in [-0.2, 0) is 6.42 Å². The quantitative estimate of drug-likeness (QED) is 0.896. The van der Waals surface area contributed by atoms with Gasteiger partial charge in [-0.3, -0.25) is 0 Å². The topological polar surface area (TPSA) is 49.8 Å². The van der Waals surface area contributed by atoms with Crippen molar-refractivity contribution in [1.82, 2.24) is 0 Å². The lowest BCUT2D eigenvalue weighted by Crippen LogP contribution is -1.93. The zero-order valence-corrected chi connectivity index (χ0v) is 12.4. The van der Waals surface area contributed by atoms with Crippen LogP contribution in [0.3, 0.4) is 0 Å². The molecule has 0 unspecified atom stereocenters. The molecule has 19 heavy (non-hydrogen) atoms. The molecule has 1 aromatic carbocycles. The Kier molecular flexibility index (Phi) is 3.92. The van der Waals surface area contributed by atoms with E-state index in [0.717, 1.165) is 23.3 Å². The molecule has 0 spiro atoms. The number of nitrogens with zero attached hydrogens (tertiary/aromatic N) is 1. The van der Waals surface area contributed by atoms with Crippen molar-refractivity contribution < 1.29 is 0 Å². The van der Waals surface area contributed by atoms with Gasteiger partial charge < -0.3 is 5.73 Å². The van der Waals surface area contributed by atoms with Crippen LogP contribution in [-0.4, -0.2) is 0 Å². The van der Waals surface area contributed by atoms with Crippen LogP contribution in [0.15, 0.2) is 18.2 Å². The summed E-state index contributed by atoms with van der Waals surface area (Å²) in [5.74, 6) is 0. The van der Waals surface area contributed by atoms with Gasteiger partial charge in [0.05, 0.1) is 5.69 Å². The maximum atomic E-state index is 9.16. The van der Waals surface area contributed by atoms with Crippen molar-refractivity contribution in [2.24, 2.45) is 0 Å². The molecular weight excluding hydrogens is 252 g/mol. The molecule has 0 aliphatic carbocycles. The highest BCUT2D eigenvalue weighted by Gasteiger charge is 2.16. The zero-order chi connectivity index (χ0) is 14.0. The number of rotatable bonds is 3. The maximum absolute atomic E-state index is 9.16. The molecule has 0 aliphatic heterocycles. The Morgan fingerprint density at radius 3 is 2.37 bits per heavy atom. The Balaban J connectivity index is 2.64. The summed E-state index contributed by atoms with van der Waals surface area (Å²) in [6.45, 7) is 6.32. The highest BCUT2D eigenvalue weighted by atomic mass is 32.1. The number of nitrogen functional groups attached to an aromatic ring is 1. The largest absolute Gasteiger partial charge is 0.397 e. The van der Waals surface area contributed by atoms with Crippen LogP contribution in [0.1, 0.15) is 34.9 Å². The number of hydrogen-bond acceptors (Lipinski definition) is 3. The molecule has 2 aromatic rings. The number of nitrogens with two attached hydrogens (primary N) is 1. The number of benzene rings is 1. The van der Waals surface area contributed by atoms with E-state index in [2.05, 4.69) is 45.0 Å². The molecule has 0 atom stereocenters.